The second-order valence-electron chi connectivity index (χ2n) is 4.68. The summed E-state index contributed by atoms with van der Waals surface area (Å²) in [5.41, 5.74) is 2.23. The van der Waals surface area contributed by atoms with Gasteiger partial charge in [0.25, 0.3) is 0 Å². The average Bonchev–Trinajstić information content (AvgIpc) is 2.44. The van der Waals surface area contributed by atoms with E-state index in [1.165, 1.54) is 0 Å². The van der Waals surface area contributed by atoms with Gasteiger partial charge in [-0.2, -0.15) is 0 Å². The zero-order valence-electron chi connectivity index (χ0n) is 11.8. The fraction of sp³-hybridized carbons (Fsp3) is 0.250. The second kappa shape index (κ2) is 7.20. The van der Waals surface area contributed by atoms with Crippen LogP contribution in [0.2, 0.25) is 0 Å². The van der Waals surface area contributed by atoms with E-state index in [1.807, 2.05) is 56.6 Å². The summed E-state index contributed by atoms with van der Waals surface area (Å²) in [6.07, 6.45) is 0. The Hall–Kier alpha value is -1.68. The lowest BCUT2D eigenvalue weighted by molar-refractivity contribution is 0.333. The highest BCUT2D eigenvalue weighted by atomic mass is 79.9. The lowest BCUT2D eigenvalue weighted by atomic mass is 10.3. The van der Waals surface area contributed by atoms with E-state index >= 15 is 0 Å². The van der Waals surface area contributed by atoms with Gasteiger partial charge in [0.2, 0.25) is 0 Å². The topological polar surface area (TPSA) is 24.5 Å². The number of nitrogens with one attached hydrogen (secondary N) is 1. The van der Waals surface area contributed by atoms with Gasteiger partial charge in [0.05, 0.1) is 0 Å². The van der Waals surface area contributed by atoms with Crippen molar-refractivity contribution in [1.29, 1.82) is 0 Å². The third-order valence-corrected chi connectivity index (χ3v) is 3.35. The number of nitrogens with zero attached hydrogens (tertiary/aromatic N) is 1. The molecule has 2 rings (SSSR count). The first-order chi connectivity index (χ1) is 9.65. The number of halogens is 1. The molecule has 4 heteroatoms. The van der Waals surface area contributed by atoms with E-state index in [2.05, 4.69) is 32.2 Å². The molecule has 2 aromatic carbocycles. The SMILES string of the molecule is CN(C)c1cccc(OCCNc2cccc(Br)c2)c1. The zero-order chi connectivity index (χ0) is 14.4. The smallest absolute Gasteiger partial charge is 0.121 e. The van der Waals surface area contributed by atoms with Gasteiger partial charge in [-0.1, -0.05) is 28.1 Å². The number of rotatable bonds is 6. The summed E-state index contributed by atoms with van der Waals surface area (Å²) >= 11 is 3.45. The molecular formula is C16H19BrN2O. The molecule has 2 aromatic rings. The number of benzene rings is 2. The van der Waals surface area contributed by atoms with Crippen LogP contribution in [0.3, 0.4) is 0 Å². The highest BCUT2D eigenvalue weighted by molar-refractivity contribution is 9.10. The van der Waals surface area contributed by atoms with Crippen molar-refractivity contribution in [3.63, 3.8) is 0 Å². The molecule has 3 nitrogen and oxygen atoms in total. The van der Waals surface area contributed by atoms with Gasteiger partial charge in [-0.25, -0.2) is 0 Å². The number of ether oxygens (including phenoxy) is 1. The summed E-state index contributed by atoms with van der Waals surface area (Å²) in [6.45, 7) is 1.39. The Bertz CT molecular complexity index is 558. The molecule has 0 radical (unpaired) electrons. The number of hydrogen-bond acceptors (Lipinski definition) is 3. The fourth-order valence-corrected chi connectivity index (χ4v) is 2.21. The molecule has 0 spiro atoms. The van der Waals surface area contributed by atoms with E-state index in [4.69, 9.17) is 4.74 Å². The van der Waals surface area contributed by atoms with Crippen LogP contribution in [0.4, 0.5) is 11.4 Å². The van der Waals surface area contributed by atoms with E-state index in [0.29, 0.717) is 6.61 Å². The van der Waals surface area contributed by atoms with Crippen LogP contribution in [-0.2, 0) is 0 Å². The highest BCUT2D eigenvalue weighted by Crippen LogP contribution is 2.19. The van der Waals surface area contributed by atoms with Gasteiger partial charge in [-0.15, -0.1) is 0 Å². The molecular weight excluding hydrogens is 316 g/mol. The molecule has 0 heterocycles. The van der Waals surface area contributed by atoms with Crippen LogP contribution in [0.5, 0.6) is 5.75 Å². The van der Waals surface area contributed by atoms with Crippen molar-refractivity contribution < 1.29 is 4.74 Å². The maximum atomic E-state index is 5.75. The summed E-state index contributed by atoms with van der Waals surface area (Å²) in [5.74, 6) is 0.896. The standard InChI is InChI=1S/C16H19BrN2O/c1-19(2)15-7-4-8-16(12-15)20-10-9-18-14-6-3-5-13(17)11-14/h3-8,11-12,18H,9-10H2,1-2H3. The summed E-state index contributed by atoms with van der Waals surface area (Å²) < 4.78 is 6.82. The van der Waals surface area contributed by atoms with Crippen molar-refractivity contribution in [3.8, 4) is 5.75 Å². The molecule has 106 valence electrons. The molecule has 1 N–H and O–H groups in total. The van der Waals surface area contributed by atoms with Crippen LogP contribution in [0.25, 0.3) is 0 Å². The van der Waals surface area contributed by atoms with Gasteiger partial charge in [-0.3, -0.25) is 0 Å². The Morgan fingerprint density at radius 1 is 1.10 bits per heavy atom. The Kier molecular flexibility index (Phi) is 5.30. The van der Waals surface area contributed by atoms with Crippen molar-refractivity contribution >= 4 is 27.3 Å². The van der Waals surface area contributed by atoms with Crippen molar-refractivity contribution in [1.82, 2.24) is 0 Å². The monoisotopic (exact) mass is 334 g/mol. The molecule has 0 saturated heterocycles. The minimum atomic E-state index is 0.628. The van der Waals surface area contributed by atoms with Gasteiger partial charge < -0.3 is 15.0 Å². The first-order valence-electron chi connectivity index (χ1n) is 6.55. The third-order valence-electron chi connectivity index (χ3n) is 2.86. The molecule has 20 heavy (non-hydrogen) atoms. The third kappa shape index (κ3) is 4.46. The molecule has 0 amide bonds. The molecule has 0 atom stereocenters. The van der Waals surface area contributed by atoms with Crippen LogP contribution >= 0.6 is 15.9 Å². The molecule has 0 aliphatic rings. The largest absolute Gasteiger partial charge is 0.492 e. The fourth-order valence-electron chi connectivity index (χ4n) is 1.81. The summed E-state index contributed by atoms with van der Waals surface area (Å²) in [5, 5.41) is 3.33. The van der Waals surface area contributed by atoms with Crippen molar-refractivity contribution in [3.05, 3.63) is 53.0 Å². The maximum Gasteiger partial charge on any atom is 0.121 e. The number of hydrogen-bond donors (Lipinski definition) is 1. The Labute approximate surface area is 128 Å². The molecule has 0 saturated carbocycles. The van der Waals surface area contributed by atoms with Crippen molar-refractivity contribution in [2.75, 3.05) is 37.5 Å². The van der Waals surface area contributed by atoms with Crippen LogP contribution in [-0.4, -0.2) is 27.2 Å². The van der Waals surface area contributed by atoms with E-state index in [1.54, 1.807) is 0 Å². The van der Waals surface area contributed by atoms with Gasteiger partial charge in [0.1, 0.15) is 12.4 Å². The molecule has 0 fully saturated rings. The van der Waals surface area contributed by atoms with Gasteiger partial charge in [0, 0.05) is 42.6 Å². The summed E-state index contributed by atoms with van der Waals surface area (Å²) in [6, 6.07) is 16.2. The van der Waals surface area contributed by atoms with Gasteiger partial charge in [-0.05, 0) is 30.3 Å². The molecule has 0 aromatic heterocycles. The average molecular weight is 335 g/mol. The van der Waals surface area contributed by atoms with E-state index in [-0.39, 0.29) is 0 Å². The quantitative estimate of drug-likeness (QED) is 0.808. The second-order valence-corrected chi connectivity index (χ2v) is 5.59. The van der Waals surface area contributed by atoms with Crippen LogP contribution in [0, 0.1) is 0 Å². The zero-order valence-corrected chi connectivity index (χ0v) is 13.4. The van der Waals surface area contributed by atoms with E-state index < -0.39 is 0 Å². The first kappa shape index (κ1) is 14.7. The minimum absolute atomic E-state index is 0.628. The highest BCUT2D eigenvalue weighted by Gasteiger charge is 1.98. The summed E-state index contributed by atoms with van der Waals surface area (Å²) in [7, 11) is 4.04. The van der Waals surface area contributed by atoms with Gasteiger partial charge >= 0.3 is 0 Å². The minimum Gasteiger partial charge on any atom is -0.492 e. The van der Waals surface area contributed by atoms with Crippen molar-refractivity contribution in [2.24, 2.45) is 0 Å². The van der Waals surface area contributed by atoms with Crippen molar-refractivity contribution in [2.45, 2.75) is 0 Å². The predicted molar refractivity (Wildman–Crippen MR) is 88.9 cm³/mol. The lowest BCUT2D eigenvalue weighted by Crippen LogP contribution is -2.12. The van der Waals surface area contributed by atoms with Crippen LogP contribution < -0.4 is 15.0 Å². The Morgan fingerprint density at radius 2 is 1.90 bits per heavy atom. The van der Waals surface area contributed by atoms with Crippen LogP contribution in [0.15, 0.2) is 53.0 Å². The molecule has 0 bridgehead atoms. The predicted octanol–water partition coefficient (Wildman–Crippen LogP) is 4.01. The van der Waals surface area contributed by atoms with Gasteiger partial charge in [0.15, 0.2) is 0 Å². The lowest BCUT2D eigenvalue weighted by Gasteiger charge is -2.14. The molecule has 0 aliphatic heterocycles. The first-order valence-corrected chi connectivity index (χ1v) is 7.34. The summed E-state index contributed by atoms with van der Waals surface area (Å²) in [4.78, 5) is 2.06. The van der Waals surface area contributed by atoms with E-state index in [9.17, 15) is 0 Å². The molecule has 0 aliphatic carbocycles. The Morgan fingerprint density at radius 3 is 2.65 bits per heavy atom. The van der Waals surface area contributed by atoms with Crippen LogP contribution in [0.1, 0.15) is 0 Å². The number of anilines is 2. The molecule has 0 unspecified atom stereocenters. The normalized spacial score (nSPS) is 10.2. The van der Waals surface area contributed by atoms with E-state index in [0.717, 1.165) is 28.1 Å². The Balaban J connectivity index is 1.80. The maximum absolute atomic E-state index is 5.75.